The van der Waals surface area contributed by atoms with Crippen LogP contribution in [-0.2, 0) is 28.1 Å². The molecule has 0 atom stereocenters. The van der Waals surface area contributed by atoms with Gasteiger partial charge in [-0.1, -0.05) is 18.2 Å². The van der Waals surface area contributed by atoms with Crippen LogP contribution in [0.5, 0.6) is 0 Å². The number of fused-ring (bicyclic) bond motifs is 1. The Kier molecular flexibility index (Phi) is 6.54. The van der Waals surface area contributed by atoms with E-state index in [9.17, 15) is 9.59 Å². The summed E-state index contributed by atoms with van der Waals surface area (Å²) in [6.07, 6.45) is 5.59. The van der Waals surface area contributed by atoms with Crippen molar-refractivity contribution >= 4 is 40.0 Å². The minimum atomic E-state index is -0.381. The maximum atomic E-state index is 12.5. The van der Waals surface area contributed by atoms with Crippen molar-refractivity contribution < 1.29 is 18.7 Å². The van der Waals surface area contributed by atoms with Gasteiger partial charge in [-0.2, -0.15) is 0 Å². The molecule has 0 spiro atoms. The second-order valence-electron chi connectivity index (χ2n) is 6.96. The topological polar surface area (TPSA) is 81.4 Å². The normalized spacial score (nSPS) is 13.0. The van der Waals surface area contributed by atoms with Crippen molar-refractivity contribution in [3.05, 3.63) is 58.3 Å². The number of ether oxygens (including phenoxy) is 1. The summed E-state index contributed by atoms with van der Waals surface area (Å²) in [5.74, 6) is 0.872. The fraction of sp³-hybridized carbons (Fsp3) is 0.318. The Bertz CT molecular complexity index is 1040. The van der Waals surface area contributed by atoms with Crippen molar-refractivity contribution in [2.24, 2.45) is 0 Å². The first-order valence-corrected chi connectivity index (χ1v) is 11.7. The van der Waals surface area contributed by atoms with E-state index in [0.29, 0.717) is 22.2 Å². The lowest BCUT2D eigenvalue weighted by molar-refractivity contribution is -0.113. The molecule has 1 amide bonds. The van der Waals surface area contributed by atoms with Gasteiger partial charge < -0.3 is 14.5 Å². The van der Waals surface area contributed by atoms with Gasteiger partial charge in [-0.25, -0.2) is 9.78 Å². The Morgan fingerprint density at radius 2 is 2.03 bits per heavy atom. The van der Waals surface area contributed by atoms with Gasteiger partial charge in [-0.05, 0) is 43.4 Å². The molecule has 156 valence electrons. The predicted octanol–water partition coefficient (Wildman–Crippen LogP) is 4.94. The summed E-state index contributed by atoms with van der Waals surface area (Å²) >= 11 is 2.95. The maximum Gasteiger partial charge on any atom is 0.341 e. The second kappa shape index (κ2) is 9.49. The van der Waals surface area contributed by atoms with Gasteiger partial charge in [0.2, 0.25) is 11.8 Å². The number of benzene rings is 1. The summed E-state index contributed by atoms with van der Waals surface area (Å²) in [7, 11) is 1.37. The summed E-state index contributed by atoms with van der Waals surface area (Å²) < 4.78 is 10.5. The molecule has 30 heavy (non-hydrogen) atoms. The summed E-state index contributed by atoms with van der Waals surface area (Å²) in [4.78, 5) is 30.4. The quantitative estimate of drug-likeness (QED) is 0.522. The zero-order chi connectivity index (χ0) is 20.9. The molecule has 2 heterocycles. The van der Waals surface area contributed by atoms with Crippen LogP contribution >= 0.6 is 23.1 Å². The highest BCUT2D eigenvalue weighted by atomic mass is 32.2. The summed E-state index contributed by atoms with van der Waals surface area (Å²) in [5, 5.41) is 3.52. The molecular weight excluding hydrogens is 420 g/mol. The van der Waals surface area contributed by atoms with Crippen molar-refractivity contribution in [3.8, 4) is 11.5 Å². The lowest BCUT2D eigenvalue weighted by Gasteiger charge is -2.11. The predicted molar refractivity (Wildman–Crippen MR) is 119 cm³/mol. The number of oxazole rings is 1. The van der Waals surface area contributed by atoms with Gasteiger partial charge in [0, 0.05) is 16.2 Å². The van der Waals surface area contributed by atoms with E-state index in [4.69, 9.17) is 9.15 Å². The molecule has 4 rings (SSSR count). The van der Waals surface area contributed by atoms with Gasteiger partial charge in [0.1, 0.15) is 11.3 Å². The number of aryl methyl sites for hydroxylation is 1. The third kappa shape index (κ3) is 4.60. The molecule has 0 saturated carbocycles. The molecule has 2 aromatic heterocycles. The van der Waals surface area contributed by atoms with E-state index in [-0.39, 0.29) is 17.6 Å². The number of hydrogen-bond donors (Lipinski definition) is 1. The van der Waals surface area contributed by atoms with Gasteiger partial charge >= 0.3 is 5.97 Å². The average molecular weight is 443 g/mol. The van der Waals surface area contributed by atoms with Crippen molar-refractivity contribution in [1.29, 1.82) is 0 Å². The maximum absolute atomic E-state index is 12.5. The van der Waals surface area contributed by atoms with E-state index in [1.807, 2.05) is 30.3 Å². The Balaban J connectivity index is 1.35. The zero-order valence-electron chi connectivity index (χ0n) is 16.6. The monoisotopic (exact) mass is 442 g/mol. The molecule has 0 aliphatic heterocycles. The van der Waals surface area contributed by atoms with E-state index < -0.39 is 0 Å². The molecule has 3 aromatic rings. The molecule has 0 radical (unpaired) electrons. The largest absolute Gasteiger partial charge is 0.465 e. The van der Waals surface area contributed by atoms with Crippen LogP contribution in [0.2, 0.25) is 0 Å². The minimum absolute atomic E-state index is 0.143. The van der Waals surface area contributed by atoms with Crippen LogP contribution in [0.4, 0.5) is 5.00 Å². The Hall–Kier alpha value is -2.58. The first-order chi connectivity index (χ1) is 14.7. The molecule has 1 aromatic carbocycles. The summed E-state index contributed by atoms with van der Waals surface area (Å²) in [6.45, 7) is 0. The number of carbonyl (C=O) groups is 2. The van der Waals surface area contributed by atoms with E-state index in [1.165, 1.54) is 35.1 Å². The number of nitrogens with one attached hydrogen (secondary N) is 1. The highest BCUT2D eigenvalue weighted by Gasteiger charge is 2.26. The molecule has 1 aliphatic rings. The van der Waals surface area contributed by atoms with Crippen LogP contribution in [0, 0.1) is 0 Å². The van der Waals surface area contributed by atoms with Crippen LogP contribution in [-0.4, -0.2) is 29.7 Å². The Labute approximate surface area is 183 Å². The molecule has 0 saturated heterocycles. The third-order valence-corrected chi connectivity index (χ3v) is 7.04. The van der Waals surface area contributed by atoms with Gasteiger partial charge in [0.15, 0.2) is 0 Å². The standard InChI is InChI=1S/C22H22N2O4S2/c1-27-22(26)19-16-9-5-6-10-17(16)30-21(19)24-18(25)13-29-12-15-11-28-20(23-15)14-7-3-2-4-8-14/h2-4,7-8,11H,5-6,9-10,12-13H2,1H3,(H,24,25). The van der Waals surface area contributed by atoms with Crippen LogP contribution < -0.4 is 5.32 Å². The van der Waals surface area contributed by atoms with Gasteiger partial charge in [0.05, 0.1) is 24.1 Å². The number of thioether (sulfide) groups is 1. The average Bonchev–Trinajstić information content (AvgIpc) is 3.38. The minimum Gasteiger partial charge on any atom is -0.465 e. The molecule has 1 N–H and O–H groups in total. The smallest absolute Gasteiger partial charge is 0.341 e. The first-order valence-electron chi connectivity index (χ1n) is 9.76. The van der Waals surface area contributed by atoms with Crippen molar-refractivity contribution in [3.63, 3.8) is 0 Å². The number of aromatic nitrogens is 1. The highest BCUT2D eigenvalue weighted by molar-refractivity contribution is 7.99. The second-order valence-corrected chi connectivity index (χ2v) is 9.05. The molecule has 0 unspecified atom stereocenters. The SMILES string of the molecule is COC(=O)c1c(NC(=O)CSCc2coc(-c3ccccc3)n2)sc2c1CCCC2. The highest BCUT2D eigenvalue weighted by Crippen LogP contribution is 2.38. The van der Waals surface area contributed by atoms with Crippen molar-refractivity contribution in [1.82, 2.24) is 4.98 Å². The molecule has 1 aliphatic carbocycles. The Morgan fingerprint density at radius 1 is 1.23 bits per heavy atom. The number of amides is 1. The Morgan fingerprint density at radius 3 is 2.83 bits per heavy atom. The van der Waals surface area contributed by atoms with Crippen LogP contribution in [0.3, 0.4) is 0 Å². The van der Waals surface area contributed by atoms with E-state index in [0.717, 1.165) is 42.5 Å². The third-order valence-electron chi connectivity index (χ3n) is 4.87. The number of carbonyl (C=O) groups excluding carboxylic acids is 2. The molecule has 6 nitrogen and oxygen atoms in total. The fourth-order valence-electron chi connectivity index (χ4n) is 3.47. The molecular formula is C22H22N2O4S2. The number of esters is 1. The van der Waals surface area contributed by atoms with Gasteiger partial charge in [-0.3, -0.25) is 4.79 Å². The fourth-order valence-corrected chi connectivity index (χ4v) is 5.46. The van der Waals surface area contributed by atoms with Crippen LogP contribution in [0.25, 0.3) is 11.5 Å². The molecule has 0 fully saturated rings. The van der Waals surface area contributed by atoms with E-state index >= 15 is 0 Å². The number of rotatable bonds is 7. The van der Waals surface area contributed by atoms with Crippen LogP contribution in [0.15, 0.2) is 41.0 Å². The summed E-state index contributed by atoms with van der Waals surface area (Å²) in [6, 6.07) is 9.69. The number of hydrogen-bond acceptors (Lipinski definition) is 7. The molecule has 0 bridgehead atoms. The van der Waals surface area contributed by atoms with E-state index in [1.54, 1.807) is 6.26 Å². The summed E-state index contributed by atoms with van der Waals surface area (Å²) in [5.41, 5.74) is 3.27. The number of methoxy groups -OCH3 is 1. The van der Waals surface area contributed by atoms with Gasteiger partial charge in [-0.15, -0.1) is 23.1 Å². The molecule has 8 heteroatoms. The van der Waals surface area contributed by atoms with Crippen LogP contribution in [0.1, 0.15) is 39.3 Å². The zero-order valence-corrected chi connectivity index (χ0v) is 18.2. The van der Waals surface area contributed by atoms with Crippen molar-refractivity contribution in [2.75, 3.05) is 18.2 Å². The number of nitrogens with zero attached hydrogens (tertiary/aromatic N) is 1. The lowest BCUT2D eigenvalue weighted by atomic mass is 9.95. The number of anilines is 1. The van der Waals surface area contributed by atoms with Gasteiger partial charge in [0.25, 0.3) is 0 Å². The van der Waals surface area contributed by atoms with Crippen molar-refractivity contribution in [2.45, 2.75) is 31.4 Å². The lowest BCUT2D eigenvalue weighted by Crippen LogP contribution is -2.16. The van der Waals surface area contributed by atoms with E-state index in [2.05, 4.69) is 10.3 Å². The first kappa shape index (κ1) is 20.7. The number of thiophene rings is 1.